The lowest BCUT2D eigenvalue weighted by Crippen LogP contribution is -2.40. The van der Waals surface area contributed by atoms with E-state index in [1.807, 2.05) is 39.8 Å². The highest BCUT2D eigenvalue weighted by Gasteiger charge is 2.21. The molecule has 1 N–H and O–H groups in total. The average molecular weight is 334 g/mol. The van der Waals surface area contributed by atoms with Crippen LogP contribution in [0.15, 0.2) is 24.3 Å². The van der Waals surface area contributed by atoms with Crippen LogP contribution in [0.4, 0.5) is 10.5 Å². The Morgan fingerprint density at radius 3 is 2.38 bits per heavy atom. The smallest absolute Gasteiger partial charge is 0.407 e. The van der Waals surface area contributed by atoms with E-state index >= 15 is 0 Å². The summed E-state index contributed by atoms with van der Waals surface area (Å²) >= 11 is 0. The standard InChI is InChI=1S/C19H30N2O3/c1-5-23-17-8-6-16(7-9-17)21-12-10-15(11-13-21)14-20-18(22)24-19(2,3)4/h6-9,15H,5,10-14H2,1-4H3,(H,20,22). The van der Waals surface area contributed by atoms with Crippen LogP contribution in [0.25, 0.3) is 0 Å². The number of alkyl carbamates (subject to hydrolysis) is 1. The third-order valence-corrected chi connectivity index (χ3v) is 4.06. The van der Waals surface area contributed by atoms with E-state index in [2.05, 4.69) is 22.3 Å². The summed E-state index contributed by atoms with van der Waals surface area (Å²) in [6.07, 6.45) is 1.82. The molecule has 1 amide bonds. The van der Waals surface area contributed by atoms with E-state index in [1.54, 1.807) is 0 Å². The van der Waals surface area contributed by atoms with E-state index < -0.39 is 5.60 Å². The van der Waals surface area contributed by atoms with E-state index in [0.29, 0.717) is 19.1 Å². The van der Waals surface area contributed by atoms with Crippen molar-refractivity contribution in [1.82, 2.24) is 5.32 Å². The number of carbonyl (C=O) groups excluding carboxylic acids is 1. The molecule has 0 aromatic heterocycles. The fraction of sp³-hybridized carbons (Fsp3) is 0.632. The molecule has 0 saturated carbocycles. The Balaban J connectivity index is 1.74. The summed E-state index contributed by atoms with van der Waals surface area (Å²) in [5.74, 6) is 1.43. The summed E-state index contributed by atoms with van der Waals surface area (Å²) in [6, 6.07) is 8.28. The van der Waals surface area contributed by atoms with Gasteiger partial charge in [0.15, 0.2) is 0 Å². The van der Waals surface area contributed by atoms with Gasteiger partial charge in [-0.2, -0.15) is 0 Å². The summed E-state index contributed by atoms with van der Waals surface area (Å²) in [6.45, 7) is 11.0. The average Bonchev–Trinajstić information content (AvgIpc) is 2.53. The highest BCUT2D eigenvalue weighted by molar-refractivity contribution is 5.67. The summed E-state index contributed by atoms with van der Waals surface area (Å²) in [7, 11) is 0. The highest BCUT2D eigenvalue weighted by Crippen LogP contribution is 2.25. The van der Waals surface area contributed by atoms with Gasteiger partial charge in [-0.1, -0.05) is 0 Å². The molecule has 0 bridgehead atoms. The Labute approximate surface area is 145 Å². The number of anilines is 1. The molecule has 0 spiro atoms. The number of piperidine rings is 1. The topological polar surface area (TPSA) is 50.8 Å². The molecule has 24 heavy (non-hydrogen) atoms. The molecule has 0 unspecified atom stereocenters. The van der Waals surface area contributed by atoms with Crippen LogP contribution in [-0.4, -0.2) is 37.9 Å². The maximum atomic E-state index is 11.7. The van der Waals surface area contributed by atoms with E-state index in [-0.39, 0.29) is 6.09 Å². The maximum Gasteiger partial charge on any atom is 0.407 e. The van der Waals surface area contributed by atoms with Gasteiger partial charge in [0.1, 0.15) is 11.4 Å². The van der Waals surface area contributed by atoms with Crippen molar-refractivity contribution in [3.05, 3.63) is 24.3 Å². The number of amides is 1. The zero-order valence-electron chi connectivity index (χ0n) is 15.3. The number of ether oxygens (including phenoxy) is 2. The third kappa shape index (κ3) is 5.95. The molecule has 0 aliphatic carbocycles. The number of benzene rings is 1. The molecule has 5 heteroatoms. The number of nitrogens with one attached hydrogen (secondary N) is 1. The SMILES string of the molecule is CCOc1ccc(N2CCC(CNC(=O)OC(C)(C)C)CC2)cc1. The molecule has 1 aliphatic rings. The monoisotopic (exact) mass is 334 g/mol. The Hall–Kier alpha value is -1.91. The lowest BCUT2D eigenvalue weighted by molar-refractivity contribution is 0.0517. The summed E-state index contributed by atoms with van der Waals surface area (Å²) in [5, 5.41) is 2.89. The minimum atomic E-state index is -0.443. The summed E-state index contributed by atoms with van der Waals surface area (Å²) in [5.41, 5.74) is 0.790. The van der Waals surface area contributed by atoms with Crippen LogP contribution in [0.3, 0.4) is 0 Å². The number of rotatable bonds is 5. The van der Waals surface area contributed by atoms with Gasteiger partial charge >= 0.3 is 6.09 Å². The van der Waals surface area contributed by atoms with Crippen LogP contribution in [0.2, 0.25) is 0 Å². The number of hydrogen-bond acceptors (Lipinski definition) is 4. The Morgan fingerprint density at radius 2 is 1.83 bits per heavy atom. The molecule has 0 radical (unpaired) electrons. The second-order valence-electron chi connectivity index (χ2n) is 7.24. The van der Waals surface area contributed by atoms with E-state index in [1.165, 1.54) is 5.69 Å². The van der Waals surface area contributed by atoms with Crippen molar-refractivity contribution in [2.75, 3.05) is 31.1 Å². The number of hydrogen-bond donors (Lipinski definition) is 1. The molecule has 1 aliphatic heterocycles. The van der Waals surface area contributed by atoms with Crippen LogP contribution in [0.5, 0.6) is 5.75 Å². The van der Waals surface area contributed by atoms with Crippen molar-refractivity contribution < 1.29 is 14.3 Å². The van der Waals surface area contributed by atoms with Gasteiger partial charge in [-0.15, -0.1) is 0 Å². The quantitative estimate of drug-likeness (QED) is 0.889. The molecule has 134 valence electrons. The fourth-order valence-corrected chi connectivity index (χ4v) is 2.86. The first-order valence-corrected chi connectivity index (χ1v) is 8.82. The molecule has 1 heterocycles. The molecule has 1 saturated heterocycles. The summed E-state index contributed by atoms with van der Waals surface area (Å²) in [4.78, 5) is 14.1. The molecular weight excluding hydrogens is 304 g/mol. The first-order valence-electron chi connectivity index (χ1n) is 8.82. The van der Waals surface area contributed by atoms with Gasteiger partial charge < -0.3 is 19.7 Å². The van der Waals surface area contributed by atoms with Crippen molar-refractivity contribution in [3.8, 4) is 5.75 Å². The lowest BCUT2D eigenvalue weighted by atomic mass is 9.96. The van der Waals surface area contributed by atoms with Gasteiger partial charge in [-0.05, 0) is 70.7 Å². The van der Waals surface area contributed by atoms with Gasteiger partial charge in [0.25, 0.3) is 0 Å². The minimum absolute atomic E-state index is 0.323. The number of nitrogens with zero attached hydrogens (tertiary/aromatic N) is 1. The van der Waals surface area contributed by atoms with Gasteiger partial charge in [0, 0.05) is 25.3 Å². The minimum Gasteiger partial charge on any atom is -0.494 e. The van der Waals surface area contributed by atoms with Gasteiger partial charge in [-0.3, -0.25) is 0 Å². The van der Waals surface area contributed by atoms with Crippen LogP contribution in [0.1, 0.15) is 40.5 Å². The second-order valence-corrected chi connectivity index (χ2v) is 7.24. The molecule has 0 atom stereocenters. The molecule has 1 fully saturated rings. The maximum absolute atomic E-state index is 11.7. The third-order valence-electron chi connectivity index (χ3n) is 4.06. The van der Waals surface area contributed by atoms with Crippen LogP contribution in [0, 0.1) is 5.92 Å². The molecule has 5 nitrogen and oxygen atoms in total. The second kappa shape index (κ2) is 8.27. The Morgan fingerprint density at radius 1 is 1.21 bits per heavy atom. The summed E-state index contributed by atoms with van der Waals surface area (Å²) < 4.78 is 10.8. The first kappa shape index (κ1) is 18.4. The molecule has 2 rings (SSSR count). The van der Waals surface area contributed by atoms with Crippen LogP contribution < -0.4 is 15.0 Å². The largest absolute Gasteiger partial charge is 0.494 e. The van der Waals surface area contributed by atoms with Crippen molar-refractivity contribution in [3.63, 3.8) is 0 Å². The van der Waals surface area contributed by atoms with Gasteiger partial charge in [0.05, 0.1) is 6.61 Å². The lowest BCUT2D eigenvalue weighted by Gasteiger charge is -2.33. The van der Waals surface area contributed by atoms with Crippen LogP contribution in [-0.2, 0) is 4.74 Å². The Bertz CT molecular complexity index is 514. The van der Waals surface area contributed by atoms with E-state index in [9.17, 15) is 4.79 Å². The fourth-order valence-electron chi connectivity index (χ4n) is 2.86. The molecular formula is C19H30N2O3. The molecule has 1 aromatic rings. The van der Waals surface area contributed by atoms with E-state index in [0.717, 1.165) is 31.7 Å². The van der Waals surface area contributed by atoms with Crippen LogP contribution >= 0.6 is 0 Å². The van der Waals surface area contributed by atoms with Crippen molar-refractivity contribution in [2.45, 2.75) is 46.1 Å². The van der Waals surface area contributed by atoms with Crippen molar-refractivity contribution in [2.24, 2.45) is 5.92 Å². The molecule has 1 aromatic carbocycles. The zero-order chi connectivity index (χ0) is 17.6. The van der Waals surface area contributed by atoms with Crippen molar-refractivity contribution in [1.29, 1.82) is 0 Å². The normalized spacial score (nSPS) is 15.9. The first-order chi connectivity index (χ1) is 11.4. The van der Waals surface area contributed by atoms with Gasteiger partial charge in [-0.25, -0.2) is 4.79 Å². The zero-order valence-corrected chi connectivity index (χ0v) is 15.3. The highest BCUT2D eigenvalue weighted by atomic mass is 16.6. The van der Waals surface area contributed by atoms with Gasteiger partial charge in [0.2, 0.25) is 0 Å². The predicted octanol–water partition coefficient (Wildman–Crippen LogP) is 3.83. The number of carbonyl (C=O) groups is 1. The Kier molecular flexibility index (Phi) is 6.35. The predicted molar refractivity (Wildman–Crippen MR) is 96.8 cm³/mol. The van der Waals surface area contributed by atoms with E-state index in [4.69, 9.17) is 9.47 Å². The van der Waals surface area contributed by atoms with Crippen molar-refractivity contribution >= 4 is 11.8 Å².